The van der Waals surface area contributed by atoms with Crippen molar-refractivity contribution in [2.24, 2.45) is 0 Å². The lowest BCUT2D eigenvalue weighted by Crippen LogP contribution is -2.42. The number of nitrogens with one attached hydrogen (secondary N) is 1. The van der Waals surface area contributed by atoms with Gasteiger partial charge in [0.1, 0.15) is 5.69 Å². The molecule has 24 heavy (non-hydrogen) atoms. The maximum Gasteiger partial charge on any atom is 0.353 e. The number of hydrogen-bond donors (Lipinski definition) is 1. The standard InChI is InChI=1S/C17H19N3O4/c1-2-13(11-7-4-3-5-8-11)14-15(20(23)24)16(21)19(17(22)18-14)12-9-6-10-12/h3-5,7-8,12-13H,2,6,9-10H2,1H3,(H,18,22). The lowest BCUT2D eigenvalue weighted by Gasteiger charge is -2.27. The van der Waals surface area contributed by atoms with Crippen molar-refractivity contribution in [2.75, 3.05) is 0 Å². The fourth-order valence-corrected chi connectivity index (χ4v) is 3.25. The zero-order valence-corrected chi connectivity index (χ0v) is 13.4. The molecule has 1 aromatic heterocycles. The minimum atomic E-state index is -0.794. The Bertz CT molecular complexity index is 866. The van der Waals surface area contributed by atoms with E-state index in [2.05, 4.69) is 4.98 Å². The van der Waals surface area contributed by atoms with E-state index in [4.69, 9.17) is 0 Å². The molecule has 1 aliphatic rings. The van der Waals surface area contributed by atoms with Crippen LogP contribution in [0.1, 0.15) is 55.8 Å². The van der Waals surface area contributed by atoms with Gasteiger partial charge in [0.25, 0.3) is 0 Å². The number of aromatic nitrogens is 2. The van der Waals surface area contributed by atoms with Gasteiger partial charge in [0.05, 0.1) is 4.92 Å². The highest BCUT2D eigenvalue weighted by atomic mass is 16.6. The van der Waals surface area contributed by atoms with Crippen LogP contribution in [0.2, 0.25) is 0 Å². The lowest BCUT2D eigenvalue weighted by atomic mass is 9.91. The topological polar surface area (TPSA) is 98.0 Å². The van der Waals surface area contributed by atoms with Crippen molar-refractivity contribution in [1.29, 1.82) is 0 Å². The molecule has 0 spiro atoms. The van der Waals surface area contributed by atoms with E-state index < -0.39 is 27.8 Å². The van der Waals surface area contributed by atoms with Gasteiger partial charge in [-0.3, -0.25) is 19.5 Å². The van der Waals surface area contributed by atoms with Crippen molar-refractivity contribution in [3.05, 3.63) is 72.5 Å². The van der Waals surface area contributed by atoms with E-state index in [1.165, 1.54) is 0 Å². The first-order chi connectivity index (χ1) is 11.5. The van der Waals surface area contributed by atoms with Crippen LogP contribution in [0.5, 0.6) is 0 Å². The Balaban J connectivity index is 2.22. The van der Waals surface area contributed by atoms with E-state index in [-0.39, 0.29) is 11.7 Å². The summed E-state index contributed by atoms with van der Waals surface area (Å²) < 4.78 is 1.02. The predicted molar refractivity (Wildman–Crippen MR) is 89.4 cm³/mol. The molecule has 7 nitrogen and oxygen atoms in total. The Morgan fingerprint density at radius 1 is 1.29 bits per heavy atom. The second-order valence-electron chi connectivity index (χ2n) is 6.08. The molecule has 1 aliphatic carbocycles. The van der Waals surface area contributed by atoms with Crippen molar-refractivity contribution < 1.29 is 4.92 Å². The van der Waals surface area contributed by atoms with Crippen LogP contribution in [0.25, 0.3) is 0 Å². The highest BCUT2D eigenvalue weighted by Gasteiger charge is 2.33. The monoisotopic (exact) mass is 329 g/mol. The molecular formula is C17H19N3O4. The lowest BCUT2D eigenvalue weighted by molar-refractivity contribution is -0.387. The van der Waals surface area contributed by atoms with Gasteiger partial charge < -0.3 is 4.98 Å². The fraction of sp³-hybridized carbons (Fsp3) is 0.412. The fourth-order valence-electron chi connectivity index (χ4n) is 3.25. The first-order valence-corrected chi connectivity index (χ1v) is 8.12. The van der Waals surface area contributed by atoms with Gasteiger partial charge in [-0.05, 0) is 31.2 Å². The molecule has 1 saturated carbocycles. The summed E-state index contributed by atoms with van der Waals surface area (Å²) in [6.07, 6.45) is 2.87. The van der Waals surface area contributed by atoms with Crippen LogP contribution < -0.4 is 11.2 Å². The molecule has 126 valence electrons. The summed E-state index contributed by atoms with van der Waals surface area (Å²) in [5.41, 5.74) is -0.937. The molecule has 0 amide bonds. The van der Waals surface area contributed by atoms with Gasteiger partial charge in [0, 0.05) is 12.0 Å². The summed E-state index contributed by atoms with van der Waals surface area (Å²) in [6.45, 7) is 1.87. The summed E-state index contributed by atoms with van der Waals surface area (Å²) in [6, 6.07) is 8.96. The van der Waals surface area contributed by atoms with Gasteiger partial charge in [-0.2, -0.15) is 0 Å². The van der Waals surface area contributed by atoms with Gasteiger partial charge in [0.15, 0.2) is 0 Å². The van der Waals surface area contributed by atoms with Crippen LogP contribution in [0.4, 0.5) is 5.69 Å². The minimum absolute atomic E-state index is 0.0965. The van der Waals surface area contributed by atoms with Gasteiger partial charge in [-0.1, -0.05) is 37.3 Å². The average Bonchev–Trinajstić information content (AvgIpc) is 2.50. The Morgan fingerprint density at radius 2 is 1.96 bits per heavy atom. The van der Waals surface area contributed by atoms with E-state index >= 15 is 0 Å². The number of nitro groups is 1. The molecular weight excluding hydrogens is 310 g/mol. The molecule has 0 saturated heterocycles. The van der Waals surface area contributed by atoms with Crippen LogP contribution >= 0.6 is 0 Å². The van der Waals surface area contributed by atoms with Crippen molar-refractivity contribution >= 4 is 5.69 Å². The molecule has 3 rings (SSSR count). The highest BCUT2D eigenvalue weighted by Crippen LogP contribution is 2.32. The number of aromatic amines is 1. The Labute approximate surface area is 138 Å². The average molecular weight is 329 g/mol. The summed E-state index contributed by atoms with van der Waals surface area (Å²) in [4.78, 5) is 38.6. The van der Waals surface area contributed by atoms with Crippen LogP contribution in [-0.2, 0) is 0 Å². The van der Waals surface area contributed by atoms with Crippen LogP contribution in [0, 0.1) is 10.1 Å². The van der Waals surface area contributed by atoms with Crippen molar-refractivity contribution in [1.82, 2.24) is 9.55 Å². The van der Waals surface area contributed by atoms with Gasteiger partial charge >= 0.3 is 16.9 Å². The smallest absolute Gasteiger partial charge is 0.304 e. The van der Waals surface area contributed by atoms with Crippen LogP contribution in [-0.4, -0.2) is 14.5 Å². The molecule has 2 aromatic rings. The van der Waals surface area contributed by atoms with E-state index in [1.807, 2.05) is 37.3 Å². The van der Waals surface area contributed by atoms with E-state index in [0.29, 0.717) is 19.3 Å². The molecule has 1 atom stereocenters. The molecule has 1 aromatic carbocycles. The van der Waals surface area contributed by atoms with Crippen molar-refractivity contribution in [3.8, 4) is 0 Å². The third-order valence-corrected chi connectivity index (χ3v) is 4.72. The SMILES string of the molecule is CCC(c1ccccc1)c1[nH]c(=O)n(C2CCC2)c(=O)c1[N+](=O)[O-]. The predicted octanol–water partition coefficient (Wildman–Crippen LogP) is 2.71. The summed E-state index contributed by atoms with van der Waals surface area (Å²) >= 11 is 0. The van der Waals surface area contributed by atoms with Gasteiger partial charge in [-0.25, -0.2) is 4.79 Å². The van der Waals surface area contributed by atoms with Crippen LogP contribution in [0.3, 0.4) is 0 Å². The summed E-state index contributed by atoms with van der Waals surface area (Å²) in [5.74, 6) is -0.400. The Hall–Kier alpha value is -2.70. The number of H-pyrrole nitrogens is 1. The Morgan fingerprint density at radius 3 is 2.46 bits per heavy atom. The molecule has 0 radical (unpaired) electrons. The molecule has 1 unspecified atom stereocenters. The number of rotatable bonds is 5. The molecule has 0 bridgehead atoms. The summed E-state index contributed by atoms with van der Waals surface area (Å²) in [7, 11) is 0. The second-order valence-corrected chi connectivity index (χ2v) is 6.08. The minimum Gasteiger partial charge on any atom is -0.304 e. The molecule has 1 fully saturated rings. The second kappa shape index (κ2) is 6.43. The van der Waals surface area contributed by atoms with E-state index in [0.717, 1.165) is 16.6 Å². The number of benzene rings is 1. The third kappa shape index (κ3) is 2.66. The normalized spacial score (nSPS) is 15.7. The molecule has 0 aliphatic heterocycles. The zero-order chi connectivity index (χ0) is 17.3. The molecule has 1 heterocycles. The zero-order valence-electron chi connectivity index (χ0n) is 13.4. The van der Waals surface area contributed by atoms with Crippen LogP contribution in [0.15, 0.2) is 39.9 Å². The quantitative estimate of drug-likeness (QED) is 0.673. The van der Waals surface area contributed by atoms with E-state index in [9.17, 15) is 19.7 Å². The largest absolute Gasteiger partial charge is 0.353 e. The number of hydrogen-bond acceptors (Lipinski definition) is 4. The first-order valence-electron chi connectivity index (χ1n) is 8.12. The highest BCUT2D eigenvalue weighted by molar-refractivity contribution is 5.40. The maximum absolute atomic E-state index is 12.6. The van der Waals surface area contributed by atoms with Gasteiger partial charge in [-0.15, -0.1) is 0 Å². The van der Waals surface area contributed by atoms with E-state index in [1.54, 1.807) is 0 Å². The maximum atomic E-state index is 12.6. The summed E-state index contributed by atoms with van der Waals surface area (Å²) in [5, 5.41) is 11.6. The number of nitrogens with zero attached hydrogens (tertiary/aromatic N) is 2. The third-order valence-electron chi connectivity index (χ3n) is 4.72. The molecule has 1 N–H and O–H groups in total. The molecule has 7 heteroatoms. The van der Waals surface area contributed by atoms with Gasteiger partial charge in [0.2, 0.25) is 0 Å². The Kier molecular flexibility index (Phi) is 4.33. The first kappa shape index (κ1) is 16.2. The van der Waals surface area contributed by atoms with Crippen molar-refractivity contribution in [2.45, 2.75) is 44.6 Å². The van der Waals surface area contributed by atoms with Crippen molar-refractivity contribution in [3.63, 3.8) is 0 Å².